The zero-order valence-corrected chi connectivity index (χ0v) is 16.6. The molecule has 8 heteroatoms. The summed E-state index contributed by atoms with van der Waals surface area (Å²) < 4.78 is 15.5. The van der Waals surface area contributed by atoms with E-state index in [1.54, 1.807) is 17.0 Å². The summed E-state index contributed by atoms with van der Waals surface area (Å²) in [7, 11) is 0. The van der Waals surface area contributed by atoms with Crippen molar-refractivity contribution < 1.29 is 23.9 Å². The van der Waals surface area contributed by atoms with Gasteiger partial charge in [0, 0.05) is 29.6 Å². The third-order valence-electron chi connectivity index (χ3n) is 6.11. The molecule has 0 spiro atoms. The largest absolute Gasteiger partial charge is 0.480 e. The summed E-state index contributed by atoms with van der Waals surface area (Å²) in [5.74, 6) is -2.02. The zero-order valence-electron chi connectivity index (χ0n) is 16.6. The van der Waals surface area contributed by atoms with Crippen molar-refractivity contribution >= 4 is 28.7 Å². The molecule has 5 rings (SSSR count). The van der Waals surface area contributed by atoms with Crippen LogP contribution in [0.4, 0.5) is 4.39 Å². The molecular weight excluding hydrogens is 401 g/mol. The normalized spacial score (nSPS) is 18.3. The number of carboxylic acids is 1. The molecule has 0 saturated carbocycles. The van der Waals surface area contributed by atoms with Gasteiger partial charge in [0.1, 0.15) is 24.9 Å². The van der Waals surface area contributed by atoms with Gasteiger partial charge in [-0.05, 0) is 29.3 Å². The average molecular weight is 421 g/mol. The summed E-state index contributed by atoms with van der Waals surface area (Å²) in [6, 6.07) is 13.5. The van der Waals surface area contributed by atoms with Crippen LogP contribution in [0.25, 0.3) is 10.9 Å². The van der Waals surface area contributed by atoms with E-state index in [9.17, 15) is 18.8 Å². The van der Waals surface area contributed by atoms with Gasteiger partial charge in [-0.3, -0.25) is 14.4 Å². The predicted octanol–water partition coefficient (Wildman–Crippen LogP) is 2.01. The number of carbonyl (C=O) groups excluding carboxylic acids is 2. The van der Waals surface area contributed by atoms with Crippen molar-refractivity contribution in [2.75, 3.05) is 13.1 Å². The lowest BCUT2D eigenvalue weighted by Crippen LogP contribution is -2.62. The number of halogens is 1. The molecule has 0 aliphatic carbocycles. The summed E-state index contributed by atoms with van der Waals surface area (Å²) in [5, 5.41) is 10.1. The number of nitrogens with zero attached hydrogens (tertiary/aromatic N) is 3. The second-order valence-corrected chi connectivity index (χ2v) is 7.98. The molecule has 1 saturated heterocycles. The van der Waals surface area contributed by atoms with E-state index in [1.807, 2.05) is 24.3 Å². The molecule has 2 amide bonds. The Morgan fingerprint density at radius 2 is 1.81 bits per heavy atom. The Labute approximate surface area is 177 Å². The third kappa shape index (κ3) is 3.24. The fraction of sp³-hybridized carbons (Fsp3) is 0.261. The van der Waals surface area contributed by atoms with E-state index in [4.69, 9.17) is 5.11 Å². The molecule has 2 aromatic carbocycles. The van der Waals surface area contributed by atoms with Gasteiger partial charge in [-0.25, -0.2) is 4.39 Å². The number of carboxylic acid groups (broad SMARTS) is 1. The van der Waals surface area contributed by atoms with Crippen molar-refractivity contribution in [1.29, 1.82) is 0 Å². The van der Waals surface area contributed by atoms with E-state index in [0.29, 0.717) is 13.0 Å². The van der Waals surface area contributed by atoms with Crippen LogP contribution in [0, 0.1) is 5.82 Å². The molecule has 7 nitrogen and oxygen atoms in total. The molecule has 3 heterocycles. The van der Waals surface area contributed by atoms with E-state index in [0.717, 1.165) is 32.6 Å². The Morgan fingerprint density at radius 3 is 2.55 bits per heavy atom. The molecule has 2 aliphatic heterocycles. The topological polar surface area (TPSA) is 82.8 Å². The molecule has 2 aliphatic rings. The minimum atomic E-state index is -1.14. The number of hydrogen-bond donors (Lipinski definition) is 1. The first-order valence-electron chi connectivity index (χ1n) is 10.1. The first-order valence-corrected chi connectivity index (χ1v) is 10.1. The van der Waals surface area contributed by atoms with E-state index >= 15 is 0 Å². The quantitative estimate of drug-likeness (QED) is 0.699. The van der Waals surface area contributed by atoms with Gasteiger partial charge in [-0.2, -0.15) is 0 Å². The van der Waals surface area contributed by atoms with Crippen LogP contribution < -0.4 is 0 Å². The predicted molar refractivity (Wildman–Crippen MR) is 110 cm³/mol. The number of rotatable bonds is 4. The number of benzene rings is 2. The lowest BCUT2D eigenvalue weighted by Gasteiger charge is -2.42. The number of hydrogen-bond acceptors (Lipinski definition) is 3. The molecule has 31 heavy (non-hydrogen) atoms. The second kappa shape index (κ2) is 7.23. The van der Waals surface area contributed by atoms with Gasteiger partial charge in [0.2, 0.25) is 11.8 Å². The Balaban J connectivity index is 1.57. The maximum Gasteiger partial charge on any atom is 0.323 e. The van der Waals surface area contributed by atoms with Gasteiger partial charge in [-0.1, -0.05) is 30.3 Å². The van der Waals surface area contributed by atoms with Crippen molar-refractivity contribution in [2.45, 2.75) is 25.6 Å². The van der Waals surface area contributed by atoms with Crippen LogP contribution in [-0.4, -0.2) is 56.4 Å². The van der Waals surface area contributed by atoms with Crippen LogP contribution >= 0.6 is 0 Å². The lowest BCUT2D eigenvalue weighted by molar-refractivity contribution is -0.160. The molecule has 0 radical (unpaired) electrons. The van der Waals surface area contributed by atoms with Gasteiger partial charge in [0.15, 0.2) is 0 Å². The van der Waals surface area contributed by atoms with Crippen molar-refractivity contribution in [2.24, 2.45) is 0 Å². The third-order valence-corrected chi connectivity index (χ3v) is 6.11. The van der Waals surface area contributed by atoms with Gasteiger partial charge >= 0.3 is 5.97 Å². The first-order chi connectivity index (χ1) is 14.9. The highest BCUT2D eigenvalue weighted by Gasteiger charge is 2.44. The molecule has 1 atom stereocenters. The van der Waals surface area contributed by atoms with Crippen molar-refractivity contribution in [1.82, 2.24) is 14.4 Å². The van der Waals surface area contributed by atoms with Gasteiger partial charge in [-0.15, -0.1) is 0 Å². The number of aliphatic carboxylic acids is 1. The molecule has 1 N–H and O–H groups in total. The summed E-state index contributed by atoms with van der Waals surface area (Å²) in [5.41, 5.74) is 3.87. The van der Waals surface area contributed by atoms with Crippen LogP contribution in [0.15, 0.2) is 48.5 Å². The molecule has 0 bridgehead atoms. The van der Waals surface area contributed by atoms with Gasteiger partial charge in [0.25, 0.3) is 0 Å². The SMILES string of the molecule is O=C(O)CN1CC(=O)N2Cc3c(c4ccccc4n3Cc3ccc(F)cc3)CC2C1=O. The van der Waals surface area contributed by atoms with Gasteiger partial charge in [0.05, 0.1) is 6.54 Å². The Bertz CT molecular complexity index is 1220. The second-order valence-electron chi connectivity index (χ2n) is 7.98. The highest BCUT2D eigenvalue weighted by atomic mass is 19.1. The molecule has 1 unspecified atom stereocenters. The maximum absolute atomic E-state index is 13.3. The summed E-state index contributed by atoms with van der Waals surface area (Å²) >= 11 is 0. The smallest absolute Gasteiger partial charge is 0.323 e. The summed E-state index contributed by atoms with van der Waals surface area (Å²) in [6.45, 7) is 0.0898. The summed E-state index contributed by atoms with van der Waals surface area (Å²) in [6.07, 6.45) is 0.340. The van der Waals surface area contributed by atoms with Crippen LogP contribution in [0.1, 0.15) is 16.8 Å². The Morgan fingerprint density at radius 1 is 1.06 bits per heavy atom. The number of aromatic nitrogens is 1. The average Bonchev–Trinajstić information content (AvgIpc) is 3.05. The maximum atomic E-state index is 13.3. The summed E-state index contributed by atoms with van der Waals surface area (Å²) in [4.78, 5) is 39.5. The number of para-hydroxylation sites is 1. The Kier molecular flexibility index (Phi) is 4.50. The van der Waals surface area contributed by atoms with E-state index in [-0.39, 0.29) is 30.7 Å². The number of carbonyl (C=O) groups is 3. The zero-order chi connectivity index (χ0) is 21.7. The first kappa shape index (κ1) is 19.3. The minimum absolute atomic E-state index is 0.227. The fourth-order valence-electron chi connectivity index (χ4n) is 4.69. The van der Waals surface area contributed by atoms with Gasteiger partial charge < -0.3 is 19.5 Å². The lowest BCUT2D eigenvalue weighted by atomic mass is 9.94. The van der Waals surface area contributed by atoms with E-state index in [2.05, 4.69) is 4.57 Å². The van der Waals surface area contributed by atoms with Crippen molar-refractivity contribution in [3.05, 3.63) is 71.2 Å². The minimum Gasteiger partial charge on any atom is -0.480 e. The number of amides is 2. The number of fused-ring (bicyclic) bond motifs is 4. The molecule has 3 aromatic rings. The fourth-order valence-corrected chi connectivity index (χ4v) is 4.69. The monoisotopic (exact) mass is 421 g/mol. The highest BCUT2D eigenvalue weighted by Crippen LogP contribution is 2.35. The Hall–Kier alpha value is -3.68. The van der Waals surface area contributed by atoms with E-state index in [1.165, 1.54) is 12.1 Å². The van der Waals surface area contributed by atoms with Crippen LogP contribution in [0.3, 0.4) is 0 Å². The van der Waals surface area contributed by atoms with Crippen LogP contribution in [-0.2, 0) is 33.9 Å². The van der Waals surface area contributed by atoms with Crippen molar-refractivity contribution in [3.8, 4) is 0 Å². The van der Waals surface area contributed by atoms with Crippen LogP contribution in [0.5, 0.6) is 0 Å². The molecule has 158 valence electrons. The standard InChI is InChI=1S/C23H20FN3O4/c24-15-7-5-14(6-8-15)10-26-18-4-2-1-3-16(18)17-9-19-23(31)25(13-22(29)30)12-21(28)27(19)11-20(17)26/h1-8,19H,9-13H2,(H,29,30). The van der Waals surface area contributed by atoms with Crippen molar-refractivity contribution in [3.63, 3.8) is 0 Å². The molecule has 1 fully saturated rings. The molecule has 1 aromatic heterocycles. The number of piperazine rings is 1. The highest BCUT2D eigenvalue weighted by molar-refractivity contribution is 5.98. The van der Waals surface area contributed by atoms with Crippen LogP contribution in [0.2, 0.25) is 0 Å². The van der Waals surface area contributed by atoms with E-state index < -0.39 is 18.6 Å². The molecular formula is C23H20FN3O4.